The van der Waals surface area contributed by atoms with Crippen molar-refractivity contribution in [2.24, 2.45) is 5.84 Å². The molecule has 0 aromatic rings. The van der Waals surface area contributed by atoms with Crippen LogP contribution < -0.4 is 5.84 Å². The van der Waals surface area contributed by atoms with Gasteiger partial charge in [0, 0.05) is 6.54 Å². The summed E-state index contributed by atoms with van der Waals surface area (Å²) in [4.78, 5) is 0. The molecule has 0 rings (SSSR count). The molecule has 0 saturated heterocycles. The lowest BCUT2D eigenvalue weighted by Gasteiger charge is -2.40. The van der Waals surface area contributed by atoms with Gasteiger partial charge in [-0.2, -0.15) is 0 Å². The lowest BCUT2D eigenvalue weighted by molar-refractivity contribution is 0.141. The molecule has 0 aliphatic carbocycles. The van der Waals surface area contributed by atoms with Crippen LogP contribution >= 0.6 is 0 Å². The average molecular weight is 206 g/mol. The SMILES string of the molecule is C=CCN(N)C(CC=C)(CC=C)C(=C)C. The average Bonchev–Trinajstić information content (AvgIpc) is 2.17. The van der Waals surface area contributed by atoms with E-state index in [1.54, 1.807) is 11.1 Å². The summed E-state index contributed by atoms with van der Waals surface area (Å²) < 4.78 is 0. The zero-order valence-corrected chi connectivity index (χ0v) is 9.71. The van der Waals surface area contributed by atoms with Crippen LogP contribution in [0.25, 0.3) is 0 Å². The van der Waals surface area contributed by atoms with E-state index < -0.39 is 0 Å². The molecule has 0 aromatic heterocycles. The predicted octanol–water partition coefficient (Wildman–Crippen LogP) is 2.82. The summed E-state index contributed by atoms with van der Waals surface area (Å²) in [6, 6.07) is 0. The van der Waals surface area contributed by atoms with Crippen LogP contribution in [0.3, 0.4) is 0 Å². The first-order valence-corrected chi connectivity index (χ1v) is 5.06. The predicted molar refractivity (Wildman–Crippen MR) is 68.3 cm³/mol. The fraction of sp³-hybridized carbons (Fsp3) is 0.385. The summed E-state index contributed by atoms with van der Waals surface area (Å²) in [5, 5.41) is 1.76. The third-order valence-electron chi connectivity index (χ3n) is 2.63. The van der Waals surface area contributed by atoms with E-state index in [0.29, 0.717) is 6.54 Å². The van der Waals surface area contributed by atoms with Crippen LogP contribution in [0.4, 0.5) is 0 Å². The molecule has 0 radical (unpaired) electrons. The molecular weight excluding hydrogens is 184 g/mol. The molecule has 0 aliphatic heterocycles. The second kappa shape index (κ2) is 6.38. The van der Waals surface area contributed by atoms with Crippen LogP contribution in [-0.4, -0.2) is 17.1 Å². The molecule has 0 spiro atoms. The number of nitrogens with two attached hydrogens (primary N) is 1. The van der Waals surface area contributed by atoms with Gasteiger partial charge in [0.2, 0.25) is 0 Å². The number of nitrogens with zero attached hydrogens (tertiary/aromatic N) is 1. The molecule has 2 N–H and O–H groups in total. The molecule has 0 atom stereocenters. The summed E-state index contributed by atoms with van der Waals surface area (Å²) in [6.07, 6.45) is 7.03. The van der Waals surface area contributed by atoms with E-state index in [4.69, 9.17) is 5.84 Å². The number of hydrogen-bond acceptors (Lipinski definition) is 2. The first-order valence-electron chi connectivity index (χ1n) is 5.06. The first kappa shape index (κ1) is 13.9. The fourth-order valence-electron chi connectivity index (χ4n) is 1.70. The van der Waals surface area contributed by atoms with Gasteiger partial charge < -0.3 is 0 Å². The van der Waals surface area contributed by atoms with Crippen molar-refractivity contribution < 1.29 is 0 Å². The number of hydrazine groups is 1. The summed E-state index contributed by atoms with van der Waals surface area (Å²) in [7, 11) is 0. The second-order valence-electron chi connectivity index (χ2n) is 3.74. The summed E-state index contributed by atoms with van der Waals surface area (Å²) >= 11 is 0. The molecule has 0 aromatic carbocycles. The fourth-order valence-corrected chi connectivity index (χ4v) is 1.70. The minimum Gasteiger partial charge on any atom is -0.268 e. The molecule has 0 aliphatic rings. The topological polar surface area (TPSA) is 29.3 Å². The van der Waals surface area contributed by atoms with Gasteiger partial charge in [-0.15, -0.1) is 19.7 Å². The van der Waals surface area contributed by atoms with Gasteiger partial charge in [-0.25, -0.2) is 5.01 Å². The van der Waals surface area contributed by atoms with E-state index in [1.165, 1.54) is 0 Å². The van der Waals surface area contributed by atoms with Crippen molar-refractivity contribution in [3.05, 3.63) is 50.1 Å². The maximum Gasteiger partial charge on any atom is 0.0626 e. The van der Waals surface area contributed by atoms with Crippen molar-refractivity contribution >= 4 is 0 Å². The van der Waals surface area contributed by atoms with Crippen LogP contribution in [0.5, 0.6) is 0 Å². The molecular formula is C13H22N2. The van der Waals surface area contributed by atoms with Crippen LogP contribution in [0, 0.1) is 0 Å². The third-order valence-corrected chi connectivity index (χ3v) is 2.63. The van der Waals surface area contributed by atoms with Crippen molar-refractivity contribution in [3.8, 4) is 0 Å². The molecule has 0 unspecified atom stereocenters. The van der Waals surface area contributed by atoms with E-state index in [-0.39, 0.29) is 5.54 Å². The molecule has 0 amide bonds. The van der Waals surface area contributed by atoms with Gasteiger partial charge in [-0.05, 0) is 19.8 Å². The van der Waals surface area contributed by atoms with E-state index in [0.717, 1.165) is 18.4 Å². The van der Waals surface area contributed by atoms with Gasteiger partial charge in [-0.3, -0.25) is 5.84 Å². The summed E-state index contributed by atoms with van der Waals surface area (Å²) in [5.41, 5.74) is 0.740. The van der Waals surface area contributed by atoms with Crippen LogP contribution in [0.15, 0.2) is 50.1 Å². The van der Waals surface area contributed by atoms with Gasteiger partial charge in [0.05, 0.1) is 5.54 Å². The Morgan fingerprint density at radius 2 is 1.67 bits per heavy atom. The Morgan fingerprint density at radius 3 is 1.93 bits per heavy atom. The largest absolute Gasteiger partial charge is 0.268 e. The Balaban J connectivity index is 5.07. The molecule has 0 bridgehead atoms. The Morgan fingerprint density at radius 1 is 1.20 bits per heavy atom. The van der Waals surface area contributed by atoms with Crippen molar-refractivity contribution in [1.82, 2.24) is 5.01 Å². The Labute approximate surface area is 93.4 Å². The lowest BCUT2D eigenvalue weighted by atomic mass is 9.84. The minimum atomic E-state index is -0.280. The zero-order valence-electron chi connectivity index (χ0n) is 9.71. The molecule has 0 fully saturated rings. The van der Waals surface area contributed by atoms with E-state index in [2.05, 4.69) is 26.3 Å². The molecule has 15 heavy (non-hydrogen) atoms. The molecule has 2 heteroatoms. The van der Waals surface area contributed by atoms with E-state index in [1.807, 2.05) is 19.1 Å². The highest BCUT2D eigenvalue weighted by Crippen LogP contribution is 2.29. The quantitative estimate of drug-likeness (QED) is 0.376. The zero-order chi connectivity index (χ0) is 11.9. The molecule has 84 valence electrons. The summed E-state index contributed by atoms with van der Waals surface area (Å²) in [5.74, 6) is 6.04. The molecule has 0 heterocycles. The minimum absolute atomic E-state index is 0.280. The highest BCUT2D eigenvalue weighted by atomic mass is 15.4. The van der Waals surface area contributed by atoms with Gasteiger partial charge in [0.15, 0.2) is 0 Å². The van der Waals surface area contributed by atoms with Crippen molar-refractivity contribution in [1.29, 1.82) is 0 Å². The van der Waals surface area contributed by atoms with Crippen molar-refractivity contribution in [3.63, 3.8) is 0 Å². The highest BCUT2D eigenvalue weighted by molar-refractivity contribution is 5.19. The first-order chi connectivity index (χ1) is 7.05. The molecule has 2 nitrogen and oxygen atoms in total. The van der Waals surface area contributed by atoms with Crippen LogP contribution in [0.2, 0.25) is 0 Å². The normalized spacial score (nSPS) is 11.1. The van der Waals surface area contributed by atoms with Crippen molar-refractivity contribution in [2.75, 3.05) is 6.54 Å². The maximum absolute atomic E-state index is 6.04. The van der Waals surface area contributed by atoms with E-state index in [9.17, 15) is 0 Å². The third kappa shape index (κ3) is 3.18. The molecule has 0 saturated carbocycles. The standard InChI is InChI=1S/C13H22N2/c1-6-9-13(10-7-2,12(4)5)15(14)11-8-3/h6-8H,1-4,9-11,14H2,5H3. The van der Waals surface area contributed by atoms with Gasteiger partial charge in [-0.1, -0.05) is 30.4 Å². The van der Waals surface area contributed by atoms with Crippen molar-refractivity contribution in [2.45, 2.75) is 25.3 Å². The lowest BCUT2D eigenvalue weighted by Crippen LogP contribution is -2.53. The summed E-state index contributed by atoms with van der Waals surface area (Å²) in [6.45, 7) is 17.8. The van der Waals surface area contributed by atoms with E-state index >= 15 is 0 Å². The Kier molecular flexibility index (Phi) is 5.90. The Hall–Kier alpha value is -1.12. The smallest absolute Gasteiger partial charge is 0.0626 e. The Bertz CT molecular complexity index is 243. The van der Waals surface area contributed by atoms with Gasteiger partial charge >= 0.3 is 0 Å². The van der Waals surface area contributed by atoms with Crippen LogP contribution in [-0.2, 0) is 0 Å². The monoisotopic (exact) mass is 206 g/mol. The maximum atomic E-state index is 6.04. The van der Waals surface area contributed by atoms with Gasteiger partial charge in [0.25, 0.3) is 0 Å². The van der Waals surface area contributed by atoms with Gasteiger partial charge in [0.1, 0.15) is 0 Å². The number of hydrogen-bond donors (Lipinski definition) is 1. The second-order valence-corrected chi connectivity index (χ2v) is 3.74. The number of rotatable bonds is 8. The van der Waals surface area contributed by atoms with Crippen LogP contribution in [0.1, 0.15) is 19.8 Å². The highest BCUT2D eigenvalue weighted by Gasteiger charge is 2.33.